The number of nitrogens with one attached hydrogen (secondary N) is 1. The lowest BCUT2D eigenvalue weighted by Crippen LogP contribution is -2.33. The molecule has 0 aliphatic heterocycles. The Bertz CT molecular complexity index is 208. The van der Waals surface area contributed by atoms with Gasteiger partial charge in [0.1, 0.15) is 0 Å². The normalized spacial score (nSPS) is 27.7. The van der Waals surface area contributed by atoms with Crippen LogP contribution in [0.4, 0.5) is 0 Å². The highest BCUT2D eigenvalue weighted by Gasteiger charge is 2.29. The van der Waals surface area contributed by atoms with E-state index in [1.807, 2.05) is 0 Å². The second kappa shape index (κ2) is 6.37. The van der Waals surface area contributed by atoms with Crippen molar-refractivity contribution in [2.24, 2.45) is 11.8 Å². The second-order valence-corrected chi connectivity index (χ2v) is 5.22. The van der Waals surface area contributed by atoms with Crippen LogP contribution in [-0.4, -0.2) is 17.8 Å². The highest BCUT2D eigenvalue weighted by atomic mass is 35.5. The number of hydrogen-bond donors (Lipinski definition) is 1. The molecule has 1 N–H and O–H groups in total. The van der Waals surface area contributed by atoms with E-state index in [9.17, 15) is 4.79 Å². The summed E-state index contributed by atoms with van der Waals surface area (Å²) in [4.78, 5) is 11.8. The fourth-order valence-corrected chi connectivity index (χ4v) is 2.33. The number of halogens is 1. The molecule has 0 aromatic heterocycles. The molecule has 0 heterocycles. The zero-order valence-corrected chi connectivity index (χ0v) is 10.5. The van der Waals surface area contributed by atoms with Crippen molar-refractivity contribution in [2.45, 2.75) is 51.3 Å². The van der Waals surface area contributed by atoms with Gasteiger partial charge in [-0.1, -0.05) is 20.3 Å². The fourth-order valence-electron chi connectivity index (χ4n) is 2.22. The first-order valence-electron chi connectivity index (χ1n) is 6.07. The number of carbonyl (C=O) groups is 1. The van der Waals surface area contributed by atoms with Crippen LogP contribution in [0.3, 0.4) is 0 Å². The Labute approximate surface area is 97.8 Å². The molecule has 1 fully saturated rings. The van der Waals surface area contributed by atoms with E-state index in [1.165, 1.54) is 12.8 Å². The lowest BCUT2D eigenvalue weighted by Gasteiger charge is -2.15. The van der Waals surface area contributed by atoms with Crippen molar-refractivity contribution in [2.75, 3.05) is 6.54 Å². The Balaban J connectivity index is 2.18. The Morgan fingerprint density at radius 2 is 2.27 bits per heavy atom. The summed E-state index contributed by atoms with van der Waals surface area (Å²) in [5, 5.41) is 3.20. The highest BCUT2D eigenvalue weighted by Crippen LogP contribution is 2.31. The molecule has 0 bridgehead atoms. The lowest BCUT2D eigenvalue weighted by molar-refractivity contribution is -0.125. The quantitative estimate of drug-likeness (QED) is 0.725. The van der Waals surface area contributed by atoms with Crippen LogP contribution in [0.2, 0.25) is 0 Å². The first-order valence-corrected chi connectivity index (χ1v) is 6.50. The zero-order valence-electron chi connectivity index (χ0n) is 9.76. The van der Waals surface area contributed by atoms with Crippen molar-refractivity contribution in [1.82, 2.24) is 5.32 Å². The third-order valence-electron chi connectivity index (χ3n) is 3.40. The summed E-state index contributed by atoms with van der Waals surface area (Å²) < 4.78 is 0. The monoisotopic (exact) mass is 231 g/mol. The maximum Gasteiger partial charge on any atom is 0.223 e. The van der Waals surface area contributed by atoms with Crippen molar-refractivity contribution >= 4 is 17.5 Å². The molecule has 3 heteroatoms. The maximum atomic E-state index is 11.8. The summed E-state index contributed by atoms with van der Waals surface area (Å²) in [6, 6.07) is 0. The Kier molecular flexibility index (Phi) is 5.44. The van der Waals surface area contributed by atoms with E-state index in [1.54, 1.807) is 0 Å². The van der Waals surface area contributed by atoms with Crippen LogP contribution in [0.15, 0.2) is 0 Å². The molecule has 0 radical (unpaired) electrons. The third kappa shape index (κ3) is 4.02. The van der Waals surface area contributed by atoms with Crippen molar-refractivity contribution in [3.63, 3.8) is 0 Å². The van der Waals surface area contributed by atoms with E-state index >= 15 is 0 Å². The van der Waals surface area contributed by atoms with Gasteiger partial charge in [0.2, 0.25) is 5.91 Å². The standard InChI is InChI=1S/C12H22ClNO/c1-3-10(13)7-8-14-12(15)11-6-4-5-9(11)2/h9-11H,3-8H2,1-2H3,(H,14,15). The molecule has 2 nitrogen and oxygen atoms in total. The van der Waals surface area contributed by atoms with Gasteiger partial charge in [0.05, 0.1) is 0 Å². The summed E-state index contributed by atoms with van der Waals surface area (Å²) in [5.74, 6) is 1.04. The molecule has 0 aromatic carbocycles. The molecule has 88 valence electrons. The molecule has 1 aliphatic carbocycles. The van der Waals surface area contributed by atoms with Crippen LogP contribution in [-0.2, 0) is 4.79 Å². The van der Waals surface area contributed by atoms with Gasteiger partial charge in [0.15, 0.2) is 0 Å². The molecule has 0 spiro atoms. The molecule has 0 saturated heterocycles. The molecule has 1 aliphatic rings. The maximum absolute atomic E-state index is 11.8. The number of rotatable bonds is 5. The third-order valence-corrected chi connectivity index (χ3v) is 3.92. The molecular weight excluding hydrogens is 210 g/mol. The predicted molar refractivity (Wildman–Crippen MR) is 64.1 cm³/mol. The predicted octanol–water partition coefficient (Wildman–Crippen LogP) is 2.95. The van der Waals surface area contributed by atoms with Crippen LogP contribution < -0.4 is 5.32 Å². The van der Waals surface area contributed by atoms with Crippen LogP contribution in [0.25, 0.3) is 0 Å². The van der Waals surface area contributed by atoms with Crippen molar-refractivity contribution in [1.29, 1.82) is 0 Å². The zero-order chi connectivity index (χ0) is 11.3. The van der Waals surface area contributed by atoms with Crippen LogP contribution >= 0.6 is 11.6 Å². The molecule has 15 heavy (non-hydrogen) atoms. The van der Waals surface area contributed by atoms with Gasteiger partial charge in [-0.15, -0.1) is 11.6 Å². The Morgan fingerprint density at radius 3 is 2.80 bits per heavy atom. The van der Waals surface area contributed by atoms with E-state index < -0.39 is 0 Å². The highest BCUT2D eigenvalue weighted by molar-refractivity contribution is 6.20. The summed E-state index contributed by atoms with van der Waals surface area (Å²) in [7, 11) is 0. The number of carbonyl (C=O) groups excluding carboxylic acids is 1. The molecular formula is C12H22ClNO. The first-order chi connectivity index (χ1) is 7.15. The molecule has 1 saturated carbocycles. The molecule has 3 unspecified atom stereocenters. The van der Waals surface area contributed by atoms with Gasteiger partial charge in [-0.2, -0.15) is 0 Å². The van der Waals surface area contributed by atoms with E-state index in [0.717, 1.165) is 25.8 Å². The summed E-state index contributed by atoms with van der Waals surface area (Å²) >= 11 is 5.99. The fraction of sp³-hybridized carbons (Fsp3) is 0.917. The van der Waals surface area contributed by atoms with Crippen molar-refractivity contribution in [3.8, 4) is 0 Å². The SMILES string of the molecule is CCC(Cl)CCNC(=O)C1CCCC1C. The molecule has 0 aromatic rings. The largest absolute Gasteiger partial charge is 0.356 e. The van der Waals surface area contributed by atoms with Gasteiger partial charge >= 0.3 is 0 Å². The minimum absolute atomic E-state index is 0.200. The van der Waals surface area contributed by atoms with Gasteiger partial charge in [0.25, 0.3) is 0 Å². The Hall–Kier alpha value is -0.240. The minimum atomic E-state index is 0.200. The van der Waals surface area contributed by atoms with E-state index in [4.69, 9.17) is 11.6 Å². The van der Waals surface area contributed by atoms with E-state index in [-0.39, 0.29) is 17.2 Å². The van der Waals surface area contributed by atoms with Crippen LogP contribution in [0.5, 0.6) is 0 Å². The number of amides is 1. The minimum Gasteiger partial charge on any atom is -0.356 e. The van der Waals surface area contributed by atoms with Gasteiger partial charge in [-0.05, 0) is 31.6 Å². The second-order valence-electron chi connectivity index (χ2n) is 4.60. The van der Waals surface area contributed by atoms with Gasteiger partial charge in [-0.25, -0.2) is 0 Å². The average molecular weight is 232 g/mol. The van der Waals surface area contributed by atoms with E-state index in [0.29, 0.717) is 5.92 Å². The topological polar surface area (TPSA) is 29.1 Å². The summed E-state index contributed by atoms with van der Waals surface area (Å²) in [6.07, 6.45) is 5.31. The number of alkyl halides is 1. The lowest BCUT2D eigenvalue weighted by atomic mass is 9.97. The van der Waals surface area contributed by atoms with Gasteiger partial charge in [-0.3, -0.25) is 4.79 Å². The van der Waals surface area contributed by atoms with Crippen LogP contribution in [0, 0.1) is 11.8 Å². The van der Waals surface area contributed by atoms with E-state index in [2.05, 4.69) is 19.2 Å². The molecule has 1 amide bonds. The van der Waals surface area contributed by atoms with Crippen LogP contribution in [0.1, 0.15) is 46.0 Å². The first kappa shape index (κ1) is 12.8. The average Bonchev–Trinajstić information content (AvgIpc) is 2.64. The van der Waals surface area contributed by atoms with Crippen molar-refractivity contribution in [3.05, 3.63) is 0 Å². The Morgan fingerprint density at radius 1 is 1.53 bits per heavy atom. The summed E-state index contributed by atoms with van der Waals surface area (Å²) in [5.41, 5.74) is 0. The van der Waals surface area contributed by atoms with Gasteiger partial charge in [0, 0.05) is 17.8 Å². The van der Waals surface area contributed by atoms with Crippen molar-refractivity contribution < 1.29 is 4.79 Å². The molecule has 3 atom stereocenters. The molecule has 1 rings (SSSR count). The summed E-state index contributed by atoms with van der Waals surface area (Å²) in [6.45, 7) is 4.97. The smallest absolute Gasteiger partial charge is 0.223 e. The number of hydrogen-bond acceptors (Lipinski definition) is 1. The van der Waals surface area contributed by atoms with Gasteiger partial charge < -0.3 is 5.32 Å².